The van der Waals surface area contributed by atoms with Crippen molar-refractivity contribution in [3.63, 3.8) is 0 Å². The molecule has 402 valence electrons. The zero-order valence-electron chi connectivity index (χ0n) is 48.1. The Hall–Kier alpha value is -4.58. The summed E-state index contributed by atoms with van der Waals surface area (Å²) in [6.45, 7) is 39.2. The highest BCUT2D eigenvalue weighted by Gasteiger charge is 2.68. The fraction of sp³-hybridized carbons (Fsp3) is 0.633. The van der Waals surface area contributed by atoms with E-state index in [-0.39, 0.29) is 41.3 Å². The van der Waals surface area contributed by atoms with Crippen LogP contribution >= 0.6 is 0 Å². The molecule has 6 aliphatic rings. The van der Waals surface area contributed by atoms with Crippen LogP contribution in [0.4, 0.5) is 5.69 Å². The molecule has 6 heterocycles. The van der Waals surface area contributed by atoms with E-state index in [1.54, 1.807) is 14.2 Å². The van der Waals surface area contributed by atoms with Gasteiger partial charge < -0.3 is 34.5 Å². The summed E-state index contributed by atoms with van der Waals surface area (Å²) in [5.41, 5.74) is 7.40. The number of methoxy groups -OCH3 is 2. The number of aliphatic hydroxyl groups excluding tert-OH is 1. The van der Waals surface area contributed by atoms with Crippen molar-refractivity contribution in [2.75, 3.05) is 65.9 Å². The molecule has 1 aliphatic carbocycles. The Kier molecular flexibility index (Phi) is 30.1. The number of hydrogen-bond acceptors (Lipinski definition) is 9. The number of allylic oxidation sites excluding steroid dienone is 1. The van der Waals surface area contributed by atoms with E-state index in [0.29, 0.717) is 24.1 Å². The maximum absolute atomic E-state index is 12.6. The first-order chi connectivity index (χ1) is 34.5. The molecule has 1 aromatic heterocycles. The van der Waals surface area contributed by atoms with Crippen LogP contribution in [0.15, 0.2) is 78.6 Å². The average Bonchev–Trinajstić information content (AvgIpc) is 4.09. The normalized spacial score (nSPS) is 25.4. The monoisotopic (exact) mass is 988 g/mol. The molecule has 2 aromatic carbocycles. The number of fused-ring (bicyclic) bond motifs is 6. The maximum Gasteiger partial charge on any atom is 0.314 e. The first-order valence-corrected chi connectivity index (χ1v) is 27.6. The smallest absolute Gasteiger partial charge is 0.314 e. The largest absolute Gasteiger partial charge is 0.497 e. The fourth-order valence-corrected chi connectivity index (χ4v) is 11.2. The first kappa shape index (κ1) is 64.4. The van der Waals surface area contributed by atoms with Gasteiger partial charge >= 0.3 is 5.97 Å². The van der Waals surface area contributed by atoms with Crippen molar-refractivity contribution in [3.8, 4) is 5.75 Å². The van der Waals surface area contributed by atoms with Crippen molar-refractivity contribution in [1.82, 2.24) is 20.1 Å². The van der Waals surface area contributed by atoms with E-state index in [2.05, 4.69) is 100 Å². The number of ether oxygens (including phenoxy) is 3. The molecule has 1 saturated heterocycles. The van der Waals surface area contributed by atoms with Crippen molar-refractivity contribution in [1.29, 1.82) is 0 Å². The van der Waals surface area contributed by atoms with Gasteiger partial charge in [-0.1, -0.05) is 152 Å². The number of carbonyl (C=O) groups excluding carboxylic acids is 2. The molecule has 9 unspecified atom stereocenters. The molecule has 1 spiro atoms. The van der Waals surface area contributed by atoms with Gasteiger partial charge in [0.25, 0.3) is 0 Å². The second-order valence-corrected chi connectivity index (χ2v) is 17.2. The SMILES string of the molecule is C=C(C)OC1C(O)C2N(C)c3cc(OC)ccc3C23CCN2CC=CC1C23.CC.CC.CC.CC.CC.CC.CCC1=CC2CC(C(=O)OC)c3[nH]c4ccccc4c3CCN(C1)C2.CCCC(=O)NC. The number of aromatic amines is 1. The van der Waals surface area contributed by atoms with Gasteiger partial charge in [0.1, 0.15) is 18.0 Å². The number of nitrogens with zero attached hydrogens (tertiary/aromatic N) is 3. The summed E-state index contributed by atoms with van der Waals surface area (Å²) in [5.74, 6) is 1.87. The number of esters is 1. The lowest BCUT2D eigenvalue weighted by molar-refractivity contribution is -0.143. The van der Waals surface area contributed by atoms with Crippen LogP contribution in [-0.2, 0) is 30.9 Å². The quantitative estimate of drug-likeness (QED) is 0.121. The van der Waals surface area contributed by atoms with Gasteiger partial charge in [0.2, 0.25) is 5.91 Å². The predicted molar refractivity (Wildman–Crippen MR) is 302 cm³/mol. The summed E-state index contributed by atoms with van der Waals surface area (Å²) < 4.78 is 16.8. The van der Waals surface area contributed by atoms with Crippen LogP contribution in [0.3, 0.4) is 0 Å². The molecule has 1 amide bonds. The average molecular weight is 988 g/mol. The van der Waals surface area contributed by atoms with Crippen LogP contribution in [0.25, 0.3) is 10.9 Å². The molecule has 5 aliphatic heterocycles. The lowest BCUT2D eigenvalue weighted by Gasteiger charge is -2.55. The van der Waals surface area contributed by atoms with Crippen molar-refractivity contribution >= 4 is 28.5 Å². The van der Waals surface area contributed by atoms with Crippen LogP contribution in [0.5, 0.6) is 5.75 Å². The van der Waals surface area contributed by atoms with Gasteiger partial charge in [-0.15, -0.1) is 0 Å². The lowest BCUT2D eigenvalue weighted by Crippen LogP contribution is -2.69. The molecule has 3 N–H and O–H groups in total. The minimum absolute atomic E-state index is 0.0123. The topological polar surface area (TPSA) is 120 Å². The summed E-state index contributed by atoms with van der Waals surface area (Å²) in [4.78, 5) is 33.8. The van der Waals surface area contributed by atoms with Gasteiger partial charge in [0.05, 0.1) is 31.9 Å². The van der Waals surface area contributed by atoms with Gasteiger partial charge in [-0.2, -0.15) is 0 Å². The number of hydrogen-bond donors (Lipinski definition) is 3. The Balaban J connectivity index is 0.000000530. The summed E-state index contributed by atoms with van der Waals surface area (Å²) in [6, 6.07) is 15.1. The molecule has 3 aromatic rings. The van der Waals surface area contributed by atoms with Gasteiger partial charge in [-0.25, -0.2) is 0 Å². The third-order valence-corrected chi connectivity index (χ3v) is 13.7. The van der Waals surface area contributed by atoms with Gasteiger partial charge in [0, 0.05) is 92.4 Å². The Morgan fingerprint density at radius 1 is 0.930 bits per heavy atom. The van der Waals surface area contributed by atoms with Gasteiger partial charge in [-0.3, -0.25) is 19.4 Å². The minimum atomic E-state index is -0.589. The number of aliphatic hydroxyl groups is 1. The molecule has 11 nitrogen and oxygen atoms in total. The summed E-state index contributed by atoms with van der Waals surface area (Å²) in [5, 5.41) is 15.3. The van der Waals surface area contributed by atoms with Crippen LogP contribution in [-0.4, -0.2) is 117 Å². The molecule has 9 rings (SSSR count). The highest BCUT2D eigenvalue weighted by atomic mass is 16.5. The predicted octanol–water partition coefficient (Wildman–Crippen LogP) is 12.6. The molecule has 2 bridgehead atoms. The Bertz CT molecular complexity index is 2080. The third-order valence-electron chi connectivity index (χ3n) is 13.7. The van der Waals surface area contributed by atoms with E-state index < -0.39 is 6.10 Å². The standard InChI is InChI=1S/C22H28N2O3.C21H26N2O2.C5H11NO.6C2H6/c1-13(2)27-19-15-6-5-10-24-11-9-22(20(15)24)16-8-7-14(26-4)12-17(16)23(3)21(22)18(19)25;1-3-14-10-15-11-18(21(24)25-2)20-17(8-9-23(12-14)13-15)16-6-4-5-7-19(16)22-20;1-3-4-5(7)6-2;6*1-2/h5-8,12,15,18-21,25H,1,9-11H2,2-4H3;4-7,10,15,18,22H,3,8-9,11-13H2,1-2H3;3-4H2,1-2H3,(H,6,7);6*1-2H3. The number of anilines is 1. The molecule has 71 heavy (non-hydrogen) atoms. The number of likely N-dealkylation sites (N-methyl/N-ethyl adjacent to an activating group) is 1. The maximum atomic E-state index is 12.6. The van der Waals surface area contributed by atoms with Crippen molar-refractivity contribution < 1.29 is 28.9 Å². The number of aromatic nitrogens is 1. The van der Waals surface area contributed by atoms with Crippen molar-refractivity contribution in [2.45, 2.75) is 178 Å². The van der Waals surface area contributed by atoms with Gasteiger partial charge in [0.15, 0.2) is 0 Å². The molecule has 1 saturated carbocycles. The number of para-hydroxylation sites is 1. The third kappa shape index (κ3) is 14.8. The summed E-state index contributed by atoms with van der Waals surface area (Å²) in [6.07, 6.45) is 11.5. The van der Waals surface area contributed by atoms with Crippen LogP contribution < -0.4 is 15.0 Å². The molecule has 0 radical (unpaired) electrons. The fourth-order valence-electron chi connectivity index (χ4n) is 11.2. The lowest BCUT2D eigenvalue weighted by atomic mass is 9.58. The number of nitrogens with one attached hydrogen (secondary N) is 2. The number of benzene rings is 2. The molecular weight excluding hydrogens is 887 g/mol. The van der Waals surface area contributed by atoms with Crippen molar-refractivity contribution in [2.24, 2.45) is 11.8 Å². The number of carbonyl (C=O) groups is 2. The zero-order chi connectivity index (χ0) is 54.0. The second kappa shape index (κ2) is 33.2. The van der Waals surface area contributed by atoms with E-state index in [9.17, 15) is 14.7 Å². The van der Waals surface area contributed by atoms with Crippen LogP contribution in [0.2, 0.25) is 0 Å². The Labute approximate surface area is 432 Å². The summed E-state index contributed by atoms with van der Waals surface area (Å²) in [7, 11) is 6.95. The van der Waals surface area contributed by atoms with E-state index in [4.69, 9.17) is 14.2 Å². The Morgan fingerprint density at radius 2 is 1.59 bits per heavy atom. The van der Waals surface area contributed by atoms with Crippen LogP contribution in [0, 0.1) is 11.8 Å². The van der Waals surface area contributed by atoms with E-state index in [1.165, 1.54) is 34.9 Å². The molecule has 2 fully saturated rings. The number of amides is 1. The zero-order valence-corrected chi connectivity index (χ0v) is 48.1. The van der Waals surface area contributed by atoms with Crippen molar-refractivity contribution in [3.05, 3.63) is 95.4 Å². The molecular formula is C60H101N5O6. The second-order valence-electron chi connectivity index (χ2n) is 17.2. The van der Waals surface area contributed by atoms with Gasteiger partial charge in [-0.05, 0) is 74.8 Å². The van der Waals surface area contributed by atoms with E-state index in [1.807, 2.05) is 103 Å². The highest BCUT2D eigenvalue weighted by Crippen LogP contribution is 2.60. The summed E-state index contributed by atoms with van der Waals surface area (Å²) >= 11 is 0. The number of rotatable bonds is 7. The number of H-pyrrole nitrogens is 1. The Morgan fingerprint density at radius 3 is 2.17 bits per heavy atom. The minimum Gasteiger partial charge on any atom is -0.497 e. The molecule has 11 heteroatoms. The highest BCUT2D eigenvalue weighted by molar-refractivity contribution is 5.88. The van der Waals surface area contributed by atoms with E-state index >= 15 is 0 Å². The molecule has 9 atom stereocenters. The van der Waals surface area contributed by atoms with Crippen LogP contribution in [0.1, 0.15) is 159 Å². The van der Waals surface area contributed by atoms with E-state index in [0.717, 1.165) is 81.8 Å². The first-order valence-electron chi connectivity index (χ1n) is 27.6.